The second-order valence-electron chi connectivity index (χ2n) is 4.73. The summed E-state index contributed by atoms with van der Waals surface area (Å²) in [7, 11) is 1.36. The van der Waals surface area contributed by atoms with Crippen molar-refractivity contribution in [2.24, 2.45) is 5.92 Å². The predicted molar refractivity (Wildman–Crippen MR) is 62.2 cm³/mol. The molecule has 7 heteroatoms. The van der Waals surface area contributed by atoms with Crippen LogP contribution in [0.3, 0.4) is 0 Å². The Balaban J connectivity index is 2.50. The summed E-state index contributed by atoms with van der Waals surface area (Å²) >= 11 is 0. The minimum Gasteiger partial charge on any atom is -0.481 e. The number of piperidine rings is 1. The minimum atomic E-state index is -1.62. The number of likely N-dealkylation sites (tertiary alicyclic amines) is 1. The van der Waals surface area contributed by atoms with Crippen molar-refractivity contribution >= 4 is 11.9 Å². The number of nitrogens with zero attached hydrogens (tertiary/aromatic N) is 1. The molecule has 0 aliphatic carbocycles. The fraction of sp³-hybridized carbons (Fsp3) is 0.385. The van der Waals surface area contributed by atoms with Crippen LogP contribution in [0.2, 0.25) is 0 Å². The summed E-state index contributed by atoms with van der Waals surface area (Å²) in [4.78, 5) is 24.0. The average molecular weight is 287 g/mol. The van der Waals surface area contributed by atoms with E-state index in [4.69, 9.17) is 5.11 Å². The first kappa shape index (κ1) is 14.4. The number of carbonyl (C=O) groups is 2. The topological polar surface area (TPSA) is 57.6 Å². The molecule has 2 atom stereocenters. The molecule has 0 saturated carbocycles. The molecular formula is C13H12F3NO3. The van der Waals surface area contributed by atoms with Gasteiger partial charge in [-0.15, -0.1) is 0 Å². The van der Waals surface area contributed by atoms with Crippen LogP contribution in [-0.4, -0.2) is 28.9 Å². The van der Waals surface area contributed by atoms with Crippen molar-refractivity contribution < 1.29 is 27.9 Å². The summed E-state index contributed by atoms with van der Waals surface area (Å²) in [5.74, 6) is -6.91. The molecule has 0 bridgehead atoms. The maximum atomic E-state index is 13.3. The summed E-state index contributed by atoms with van der Waals surface area (Å²) in [6.07, 6.45) is 0.125. The zero-order valence-corrected chi connectivity index (χ0v) is 10.6. The Kier molecular flexibility index (Phi) is 3.69. The lowest BCUT2D eigenvalue weighted by molar-refractivity contribution is -0.150. The Morgan fingerprint density at radius 3 is 2.35 bits per heavy atom. The highest BCUT2D eigenvalue weighted by molar-refractivity contribution is 5.81. The Bertz CT molecular complexity index is 553. The van der Waals surface area contributed by atoms with Gasteiger partial charge in [0.1, 0.15) is 0 Å². The molecule has 0 radical (unpaired) electrons. The summed E-state index contributed by atoms with van der Waals surface area (Å²) in [6.45, 7) is 0. The van der Waals surface area contributed by atoms with Gasteiger partial charge in [0.2, 0.25) is 5.91 Å². The van der Waals surface area contributed by atoms with E-state index in [-0.39, 0.29) is 24.3 Å². The van der Waals surface area contributed by atoms with Gasteiger partial charge in [0.05, 0.1) is 12.0 Å². The van der Waals surface area contributed by atoms with Gasteiger partial charge in [-0.05, 0) is 24.1 Å². The summed E-state index contributed by atoms with van der Waals surface area (Å²) < 4.78 is 39.5. The number of carboxylic acid groups (broad SMARTS) is 1. The van der Waals surface area contributed by atoms with Gasteiger partial charge < -0.3 is 10.0 Å². The summed E-state index contributed by atoms with van der Waals surface area (Å²) in [5, 5.41) is 9.17. The largest absolute Gasteiger partial charge is 0.481 e. The van der Waals surface area contributed by atoms with Crippen LogP contribution in [0, 0.1) is 23.4 Å². The van der Waals surface area contributed by atoms with E-state index >= 15 is 0 Å². The second-order valence-corrected chi connectivity index (χ2v) is 4.73. The first-order chi connectivity index (χ1) is 9.32. The van der Waals surface area contributed by atoms with Crippen LogP contribution in [-0.2, 0) is 9.59 Å². The molecular weight excluding hydrogens is 275 g/mol. The fourth-order valence-electron chi connectivity index (χ4n) is 2.50. The van der Waals surface area contributed by atoms with E-state index in [2.05, 4.69) is 0 Å². The Morgan fingerprint density at radius 1 is 1.30 bits per heavy atom. The van der Waals surface area contributed by atoms with Crippen molar-refractivity contribution in [3.05, 3.63) is 35.1 Å². The summed E-state index contributed by atoms with van der Waals surface area (Å²) in [6, 6.07) is 0.445. The Hall–Kier alpha value is -2.05. The van der Waals surface area contributed by atoms with Gasteiger partial charge in [-0.2, -0.15) is 0 Å². The van der Waals surface area contributed by atoms with Crippen LogP contribution in [0.15, 0.2) is 12.1 Å². The second kappa shape index (κ2) is 5.15. The molecule has 4 nitrogen and oxygen atoms in total. The number of halogens is 3. The van der Waals surface area contributed by atoms with E-state index in [0.29, 0.717) is 0 Å². The number of carbonyl (C=O) groups excluding carboxylic acids is 1. The molecule has 1 amide bonds. The van der Waals surface area contributed by atoms with Crippen LogP contribution in [0.4, 0.5) is 13.2 Å². The molecule has 2 rings (SSSR count). The van der Waals surface area contributed by atoms with Crippen LogP contribution in [0.1, 0.15) is 24.4 Å². The highest BCUT2D eigenvalue weighted by Gasteiger charge is 2.39. The van der Waals surface area contributed by atoms with E-state index in [1.165, 1.54) is 7.05 Å². The number of hydrogen-bond donors (Lipinski definition) is 1. The highest BCUT2D eigenvalue weighted by Crippen LogP contribution is 2.36. The van der Waals surface area contributed by atoms with Crippen molar-refractivity contribution in [3.8, 4) is 0 Å². The van der Waals surface area contributed by atoms with Crippen LogP contribution in [0.5, 0.6) is 0 Å². The van der Waals surface area contributed by atoms with Gasteiger partial charge in [0.25, 0.3) is 0 Å². The lowest BCUT2D eigenvalue weighted by atomic mass is 9.84. The first-order valence-electron chi connectivity index (χ1n) is 5.96. The maximum Gasteiger partial charge on any atom is 0.308 e. The van der Waals surface area contributed by atoms with E-state index in [1.807, 2.05) is 0 Å². The van der Waals surface area contributed by atoms with Crippen molar-refractivity contribution in [1.82, 2.24) is 4.90 Å². The molecule has 1 aliphatic rings. The lowest BCUT2D eigenvalue weighted by Gasteiger charge is -2.37. The van der Waals surface area contributed by atoms with Crippen molar-refractivity contribution in [3.63, 3.8) is 0 Å². The molecule has 1 aromatic carbocycles. The van der Waals surface area contributed by atoms with Gasteiger partial charge in [-0.3, -0.25) is 9.59 Å². The standard InChI is InChI=1S/C13H12F3NO3/c1-17-10(18)3-2-7(13(19)20)12(17)6-4-8(14)11(16)9(15)5-6/h4-5,7,12H,2-3H2,1H3,(H,19,20). The molecule has 1 N–H and O–H groups in total. The number of amides is 1. The number of aliphatic carboxylic acids is 1. The van der Waals surface area contributed by atoms with Gasteiger partial charge in [0.15, 0.2) is 17.5 Å². The molecule has 0 aromatic heterocycles. The Morgan fingerprint density at radius 2 is 1.85 bits per heavy atom. The molecule has 1 aliphatic heterocycles. The van der Waals surface area contributed by atoms with Crippen LogP contribution in [0.25, 0.3) is 0 Å². The van der Waals surface area contributed by atoms with E-state index in [9.17, 15) is 22.8 Å². The van der Waals surface area contributed by atoms with Crippen molar-refractivity contribution in [1.29, 1.82) is 0 Å². The molecule has 1 fully saturated rings. The van der Waals surface area contributed by atoms with Crippen molar-refractivity contribution in [2.75, 3.05) is 7.05 Å². The minimum absolute atomic E-state index is 0.0517. The number of carboxylic acids is 1. The van der Waals surface area contributed by atoms with Gasteiger partial charge >= 0.3 is 5.97 Å². The molecule has 0 spiro atoms. The van der Waals surface area contributed by atoms with Crippen LogP contribution < -0.4 is 0 Å². The average Bonchev–Trinajstić information content (AvgIpc) is 2.38. The zero-order chi connectivity index (χ0) is 15.0. The molecule has 108 valence electrons. The maximum absolute atomic E-state index is 13.3. The molecule has 2 unspecified atom stereocenters. The predicted octanol–water partition coefficient (Wildman–Crippen LogP) is 2.10. The van der Waals surface area contributed by atoms with E-state index in [1.54, 1.807) is 0 Å². The number of hydrogen-bond acceptors (Lipinski definition) is 2. The lowest BCUT2D eigenvalue weighted by Crippen LogP contribution is -2.43. The molecule has 1 heterocycles. The van der Waals surface area contributed by atoms with Gasteiger partial charge in [0, 0.05) is 13.5 Å². The quantitative estimate of drug-likeness (QED) is 0.847. The van der Waals surface area contributed by atoms with E-state index in [0.717, 1.165) is 17.0 Å². The third-order valence-electron chi connectivity index (χ3n) is 3.53. The highest BCUT2D eigenvalue weighted by atomic mass is 19.2. The Labute approximate surface area is 112 Å². The third kappa shape index (κ3) is 2.35. The van der Waals surface area contributed by atoms with Crippen LogP contribution >= 0.6 is 0 Å². The van der Waals surface area contributed by atoms with E-state index < -0.39 is 35.4 Å². The first-order valence-corrected chi connectivity index (χ1v) is 5.96. The molecule has 1 saturated heterocycles. The summed E-state index contributed by atoms with van der Waals surface area (Å²) in [5.41, 5.74) is -0.0654. The monoisotopic (exact) mass is 287 g/mol. The van der Waals surface area contributed by atoms with Gasteiger partial charge in [-0.25, -0.2) is 13.2 Å². The molecule has 20 heavy (non-hydrogen) atoms. The van der Waals surface area contributed by atoms with Gasteiger partial charge in [-0.1, -0.05) is 0 Å². The fourth-order valence-corrected chi connectivity index (χ4v) is 2.50. The number of benzene rings is 1. The zero-order valence-electron chi connectivity index (χ0n) is 10.6. The van der Waals surface area contributed by atoms with Crippen molar-refractivity contribution in [2.45, 2.75) is 18.9 Å². The smallest absolute Gasteiger partial charge is 0.308 e. The number of rotatable bonds is 2. The SMILES string of the molecule is CN1C(=O)CCC(C(=O)O)C1c1cc(F)c(F)c(F)c1. The third-order valence-corrected chi connectivity index (χ3v) is 3.53. The normalized spacial score (nSPS) is 23.0. The molecule has 1 aromatic rings.